The van der Waals surface area contributed by atoms with E-state index in [-0.39, 0.29) is 0 Å². The monoisotopic (exact) mass is 307 g/mol. The summed E-state index contributed by atoms with van der Waals surface area (Å²) in [6.45, 7) is 3.04. The molecule has 0 saturated carbocycles. The second-order valence-electron chi connectivity index (χ2n) is 3.95. The largest absolute Gasteiger partial charge is 0.354 e. The second-order valence-corrected chi connectivity index (χ2v) is 7.08. The van der Waals surface area contributed by atoms with E-state index in [4.69, 9.17) is 0 Å². The molecule has 0 spiro atoms. The minimum Gasteiger partial charge on any atom is -0.354 e. The summed E-state index contributed by atoms with van der Waals surface area (Å²) in [6, 6.07) is 6.28. The van der Waals surface area contributed by atoms with Crippen LogP contribution in [0.4, 0.5) is 5.95 Å². The van der Waals surface area contributed by atoms with E-state index in [0.717, 1.165) is 34.2 Å². The van der Waals surface area contributed by atoms with Crippen molar-refractivity contribution in [3.63, 3.8) is 0 Å². The number of nitrogens with one attached hydrogen (secondary N) is 1. The Morgan fingerprint density at radius 1 is 1.21 bits per heavy atom. The van der Waals surface area contributed by atoms with Crippen LogP contribution in [-0.4, -0.2) is 16.5 Å². The highest BCUT2D eigenvalue weighted by Gasteiger charge is 2.10. The third-order valence-electron chi connectivity index (χ3n) is 2.52. The predicted octanol–water partition coefficient (Wildman–Crippen LogP) is 4.73. The minimum atomic E-state index is 0.732. The molecule has 0 aromatic carbocycles. The van der Waals surface area contributed by atoms with Gasteiger partial charge in [0.1, 0.15) is 9.86 Å². The van der Waals surface area contributed by atoms with E-state index in [1.807, 2.05) is 0 Å². The van der Waals surface area contributed by atoms with Gasteiger partial charge in [-0.1, -0.05) is 24.8 Å². The van der Waals surface area contributed by atoms with Gasteiger partial charge in [-0.05, 0) is 29.3 Å². The van der Waals surface area contributed by atoms with E-state index in [1.165, 1.54) is 4.21 Å². The number of hydrogen-bond donors (Lipinski definition) is 1. The molecule has 0 saturated heterocycles. The Labute approximate surface area is 124 Å². The van der Waals surface area contributed by atoms with E-state index in [2.05, 4.69) is 51.2 Å². The topological polar surface area (TPSA) is 37.8 Å². The van der Waals surface area contributed by atoms with Gasteiger partial charge >= 0.3 is 0 Å². The molecule has 0 amide bonds. The first kappa shape index (κ1) is 12.9. The van der Waals surface area contributed by atoms with Gasteiger partial charge < -0.3 is 5.32 Å². The molecule has 3 rings (SSSR count). The molecule has 0 bridgehead atoms. The first-order valence-corrected chi connectivity index (χ1v) is 8.65. The zero-order valence-corrected chi connectivity index (χ0v) is 12.9. The maximum atomic E-state index is 4.64. The molecule has 0 radical (unpaired) electrons. The first-order chi connectivity index (χ1) is 9.36. The van der Waals surface area contributed by atoms with E-state index >= 15 is 0 Å². The molecule has 19 heavy (non-hydrogen) atoms. The smallest absolute Gasteiger partial charge is 0.225 e. The molecular weight excluding hydrogens is 294 g/mol. The highest BCUT2D eigenvalue weighted by atomic mass is 32.2. The van der Waals surface area contributed by atoms with Crippen LogP contribution in [0.25, 0.3) is 10.2 Å². The summed E-state index contributed by atoms with van der Waals surface area (Å²) in [5.74, 6) is 0.732. The van der Waals surface area contributed by atoms with E-state index in [0.29, 0.717) is 0 Å². The lowest BCUT2D eigenvalue weighted by Crippen LogP contribution is -2.04. The Hall–Kier alpha value is -1.11. The van der Waals surface area contributed by atoms with Gasteiger partial charge in [0.05, 0.1) is 4.21 Å². The predicted molar refractivity (Wildman–Crippen MR) is 84.6 cm³/mol. The number of aromatic nitrogens is 2. The van der Waals surface area contributed by atoms with Gasteiger partial charge in [0.25, 0.3) is 0 Å². The molecular formula is C13H13N3S3. The lowest BCUT2D eigenvalue weighted by Gasteiger charge is -2.06. The highest BCUT2D eigenvalue weighted by molar-refractivity contribution is 8.01. The maximum Gasteiger partial charge on any atom is 0.225 e. The van der Waals surface area contributed by atoms with Crippen molar-refractivity contribution in [2.45, 2.75) is 22.6 Å². The molecule has 3 heterocycles. The average molecular weight is 307 g/mol. The van der Waals surface area contributed by atoms with Crippen molar-refractivity contribution >= 4 is 50.6 Å². The quantitative estimate of drug-likeness (QED) is 0.692. The standard InChI is InChI=1S/C13H13N3S3/c1-2-6-14-13-15-11-9(5-8-18-11)12(16-13)19-10-4-3-7-17-10/h3-5,7-8H,2,6H2,1H3,(H,14,15,16). The normalized spacial score (nSPS) is 11.0. The number of thiophene rings is 2. The van der Waals surface area contributed by atoms with Crippen molar-refractivity contribution in [2.75, 3.05) is 11.9 Å². The van der Waals surface area contributed by atoms with Crippen LogP contribution < -0.4 is 5.32 Å². The van der Waals surface area contributed by atoms with Crippen molar-refractivity contribution < 1.29 is 0 Å². The molecule has 0 atom stereocenters. The Kier molecular flexibility index (Phi) is 4.00. The third-order valence-corrected chi connectivity index (χ3v) is 5.36. The van der Waals surface area contributed by atoms with Crippen LogP contribution in [0.3, 0.4) is 0 Å². The van der Waals surface area contributed by atoms with Crippen LogP contribution in [0, 0.1) is 0 Å². The minimum absolute atomic E-state index is 0.732. The van der Waals surface area contributed by atoms with Gasteiger partial charge in [0.2, 0.25) is 5.95 Å². The fraction of sp³-hybridized carbons (Fsp3) is 0.231. The van der Waals surface area contributed by atoms with Crippen LogP contribution >= 0.6 is 34.4 Å². The van der Waals surface area contributed by atoms with Crippen molar-refractivity contribution in [3.8, 4) is 0 Å². The van der Waals surface area contributed by atoms with Gasteiger partial charge in [0.15, 0.2) is 0 Å². The van der Waals surface area contributed by atoms with E-state index < -0.39 is 0 Å². The van der Waals surface area contributed by atoms with Crippen LogP contribution in [-0.2, 0) is 0 Å². The molecule has 6 heteroatoms. The van der Waals surface area contributed by atoms with Gasteiger partial charge in [-0.25, -0.2) is 9.97 Å². The van der Waals surface area contributed by atoms with Crippen LogP contribution in [0.15, 0.2) is 38.2 Å². The number of nitrogens with zero attached hydrogens (tertiary/aromatic N) is 2. The number of fused-ring (bicyclic) bond motifs is 1. The Bertz CT molecular complexity index is 661. The van der Waals surface area contributed by atoms with Crippen LogP contribution in [0.1, 0.15) is 13.3 Å². The molecule has 1 N–H and O–H groups in total. The molecule has 3 aromatic rings. The van der Waals surface area contributed by atoms with Crippen LogP contribution in [0.5, 0.6) is 0 Å². The summed E-state index contributed by atoms with van der Waals surface area (Å²) in [5.41, 5.74) is 0. The number of hydrogen-bond acceptors (Lipinski definition) is 6. The number of anilines is 1. The first-order valence-electron chi connectivity index (χ1n) is 6.07. The van der Waals surface area contributed by atoms with E-state index in [9.17, 15) is 0 Å². The Morgan fingerprint density at radius 2 is 2.16 bits per heavy atom. The van der Waals surface area contributed by atoms with Crippen molar-refractivity contribution in [3.05, 3.63) is 29.0 Å². The summed E-state index contributed by atoms with van der Waals surface area (Å²) in [5, 5.41) is 9.61. The summed E-state index contributed by atoms with van der Waals surface area (Å²) in [6.07, 6.45) is 1.07. The van der Waals surface area contributed by atoms with Gasteiger partial charge in [0, 0.05) is 11.9 Å². The summed E-state index contributed by atoms with van der Waals surface area (Å²) in [7, 11) is 0. The van der Waals surface area contributed by atoms with Crippen molar-refractivity contribution in [1.29, 1.82) is 0 Å². The SMILES string of the molecule is CCCNc1nc(Sc2cccs2)c2ccsc2n1. The van der Waals surface area contributed by atoms with Crippen LogP contribution in [0.2, 0.25) is 0 Å². The molecule has 0 fully saturated rings. The lowest BCUT2D eigenvalue weighted by atomic mass is 10.4. The fourth-order valence-electron chi connectivity index (χ4n) is 1.64. The highest BCUT2D eigenvalue weighted by Crippen LogP contribution is 2.36. The zero-order valence-electron chi connectivity index (χ0n) is 10.4. The fourth-order valence-corrected chi connectivity index (χ4v) is 4.26. The maximum absolute atomic E-state index is 4.64. The Balaban J connectivity index is 1.97. The van der Waals surface area contributed by atoms with Gasteiger partial charge in [-0.3, -0.25) is 0 Å². The third kappa shape index (κ3) is 2.91. The van der Waals surface area contributed by atoms with Gasteiger partial charge in [-0.15, -0.1) is 22.7 Å². The molecule has 0 aliphatic rings. The van der Waals surface area contributed by atoms with Gasteiger partial charge in [-0.2, -0.15) is 0 Å². The molecule has 3 nitrogen and oxygen atoms in total. The van der Waals surface area contributed by atoms with Crippen molar-refractivity contribution in [1.82, 2.24) is 9.97 Å². The summed E-state index contributed by atoms with van der Waals surface area (Å²) < 4.78 is 1.26. The zero-order chi connectivity index (χ0) is 13.1. The lowest BCUT2D eigenvalue weighted by molar-refractivity contribution is 0.947. The molecule has 0 aliphatic heterocycles. The Morgan fingerprint density at radius 3 is 2.95 bits per heavy atom. The molecule has 3 aromatic heterocycles. The van der Waals surface area contributed by atoms with E-state index in [1.54, 1.807) is 34.4 Å². The molecule has 0 aliphatic carbocycles. The summed E-state index contributed by atoms with van der Waals surface area (Å²) in [4.78, 5) is 10.2. The van der Waals surface area contributed by atoms with Crippen molar-refractivity contribution in [2.24, 2.45) is 0 Å². The summed E-state index contributed by atoms with van der Waals surface area (Å²) >= 11 is 5.11. The molecule has 0 unspecified atom stereocenters. The second kappa shape index (κ2) is 5.90. The average Bonchev–Trinajstić information content (AvgIpc) is 3.06. The molecule has 98 valence electrons. The number of rotatable bonds is 5.